The van der Waals surface area contributed by atoms with Crippen LogP contribution in [-0.4, -0.2) is 4.98 Å². The molecule has 1 heterocycles. The van der Waals surface area contributed by atoms with Gasteiger partial charge in [-0.25, -0.2) is 4.98 Å². The normalized spacial score (nSPS) is 12.8. The third-order valence-electron chi connectivity index (χ3n) is 1.77. The Morgan fingerprint density at radius 2 is 2.25 bits per heavy atom. The van der Waals surface area contributed by atoms with Crippen LogP contribution in [0.2, 0.25) is 0 Å². The Bertz CT molecular complexity index is 247. The molecule has 0 saturated carbocycles. The van der Waals surface area contributed by atoms with Crippen molar-refractivity contribution in [2.24, 2.45) is 5.73 Å². The molecule has 0 amide bonds. The molecular weight excluding hydrogens is 150 g/mol. The second-order valence-corrected chi connectivity index (χ2v) is 2.88. The number of hydrogen-bond donors (Lipinski definition) is 2. The maximum absolute atomic E-state index is 5.86. The van der Waals surface area contributed by atoms with Crippen LogP contribution < -0.4 is 11.5 Å². The summed E-state index contributed by atoms with van der Waals surface area (Å²) >= 11 is 0. The highest BCUT2D eigenvalue weighted by Crippen LogP contribution is 2.13. The van der Waals surface area contributed by atoms with Crippen LogP contribution in [0.25, 0.3) is 0 Å². The summed E-state index contributed by atoms with van der Waals surface area (Å²) in [5.41, 5.74) is 12.3. The molecule has 1 unspecified atom stereocenters. The van der Waals surface area contributed by atoms with E-state index in [0.29, 0.717) is 5.82 Å². The molecule has 0 saturated heterocycles. The molecule has 66 valence electrons. The second-order valence-electron chi connectivity index (χ2n) is 2.88. The summed E-state index contributed by atoms with van der Waals surface area (Å²) in [4.78, 5) is 4.14. The summed E-state index contributed by atoms with van der Waals surface area (Å²) < 4.78 is 0. The second kappa shape index (κ2) is 4.07. The first-order chi connectivity index (χ1) is 5.74. The Kier molecular flexibility index (Phi) is 3.05. The minimum Gasteiger partial charge on any atom is -0.384 e. The minimum atomic E-state index is 0.0264. The maximum Gasteiger partial charge on any atom is 0.123 e. The van der Waals surface area contributed by atoms with Crippen molar-refractivity contribution in [2.75, 3.05) is 5.73 Å². The van der Waals surface area contributed by atoms with E-state index < -0.39 is 0 Å². The van der Waals surface area contributed by atoms with Crippen molar-refractivity contribution in [1.29, 1.82) is 0 Å². The average molecular weight is 165 g/mol. The van der Waals surface area contributed by atoms with Gasteiger partial charge in [0.05, 0.1) is 5.69 Å². The number of nitrogen functional groups attached to an aromatic ring is 1. The summed E-state index contributed by atoms with van der Waals surface area (Å²) in [7, 11) is 0. The van der Waals surface area contributed by atoms with Crippen molar-refractivity contribution >= 4 is 5.82 Å². The van der Waals surface area contributed by atoms with Crippen LogP contribution in [0.5, 0.6) is 0 Å². The predicted octanol–water partition coefficient (Wildman–Crippen LogP) is 1.46. The molecule has 0 fully saturated rings. The molecule has 0 spiro atoms. The average Bonchev–Trinajstić information content (AvgIpc) is 2.05. The van der Waals surface area contributed by atoms with E-state index in [0.717, 1.165) is 18.5 Å². The molecule has 4 N–H and O–H groups in total. The molecule has 0 aliphatic rings. The Balaban J connectivity index is 2.73. The van der Waals surface area contributed by atoms with Gasteiger partial charge < -0.3 is 11.5 Å². The highest BCUT2D eigenvalue weighted by atomic mass is 14.9. The molecule has 0 aliphatic heterocycles. The first kappa shape index (κ1) is 9.00. The smallest absolute Gasteiger partial charge is 0.123 e. The van der Waals surface area contributed by atoms with E-state index in [1.54, 1.807) is 6.07 Å². The van der Waals surface area contributed by atoms with E-state index in [-0.39, 0.29) is 6.04 Å². The number of aromatic nitrogens is 1. The third kappa shape index (κ3) is 2.20. The molecule has 0 radical (unpaired) electrons. The number of rotatable bonds is 3. The van der Waals surface area contributed by atoms with Gasteiger partial charge in [0.15, 0.2) is 0 Å². The van der Waals surface area contributed by atoms with Gasteiger partial charge in [-0.15, -0.1) is 0 Å². The Labute approximate surface area is 72.8 Å². The number of hydrogen-bond acceptors (Lipinski definition) is 3. The van der Waals surface area contributed by atoms with E-state index >= 15 is 0 Å². The van der Waals surface area contributed by atoms with Crippen molar-refractivity contribution in [3.63, 3.8) is 0 Å². The fourth-order valence-corrected chi connectivity index (χ4v) is 1.13. The van der Waals surface area contributed by atoms with Gasteiger partial charge in [-0.3, -0.25) is 0 Å². The van der Waals surface area contributed by atoms with E-state index in [9.17, 15) is 0 Å². The van der Waals surface area contributed by atoms with E-state index in [1.165, 1.54) is 0 Å². The number of anilines is 1. The van der Waals surface area contributed by atoms with Crippen LogP contribution in [0, 0.1) is 0 Å². The molecule has 0 aliphatic carbocycles. The molecule has 0 bridgehead atoms. The summed E-state index contributed by atoms with van der Waals surface area (Å²) in [5, 5.41) is 0. The molecular formula is C9H15N3. The number of nitrogens with two attached hydrogens (primary N) is 2. The van der Waals surface area contributed by atoms with Crippen molar-refractivity contribution in [3.8, 4) is 0 Å². The van der Waals surface area contributed by atoms with Crippen LogP contribution in [0.15, 0.2) is 18.2 Å². The molecule has 3 heteroatoms. The lowest BCUT2D eigenvalue weighted by molar-refractivity contribution is 0.622. The van der Waals surface area contributed by atoms with Crippen LogP contribution in [-0.2, 0) is 0 Å². The van der Waals surface area contributed by atoms with Gasteiger partial charge in [0.1, 0.15) is 5.82 Å². The predicted molar refractivity (Wildman–Crippen MR) is 50.5 cm³/mol. The van der Waals surface area contributed by atoms with Gasteiger partial charge in [-0.05, 0) is 18.6 Å². The monoisotopic (exact) mass is 165 g/mol. The van der Waals surface area contributed by atoms with Crippen molar-refractivity contribution < 1.29 is 0 Å². The first-order valence-electron chi connectivity index (χ1n) is 4.22. The SMILES string of the molecule is CCCC(N)c1cccc(N)n1. The van der Waals surface area contributed by atoms with Crippen LogP contribution in [0.4, 0.5) is 5.82 Å². The molecule has 1 rings (SSSR count). The zero-order valence-electron chi connectivity index (χ0n) is 7.33. The zero-order chi connectivity index (χ0) is 8.97. The maximum atomic E-state index is 5.86. The largest absolute Gasteiger partial charge is 0.384 e. The Morgan fingerprint density at radius 1 is 1.50 bits per heavy atom. The highest BCUT2D eigenvalue weighted by Gasteiger charge is 2.05. The molecule has 1 aromatic rings. The van der Waals surface area contributed by atoms with Gasteiger partial charge in [0.25, 0.3) is 0 Å². The van der Waals surface area contributed by atoms with Crippen LogP contribution in [0.3, 0.4) is 0 Å². The lowest BCUT2D eigenvalue weighted by Gasteiger charge is -2.09. The van der Waals surface area contributed by atoms with E-state index in [4.69, 9.17) is 11.5 Å². The summed E-state index contributed by atoms with van der Waals surface area (Å²) in [6, 6.07) is 5.59. The van der Waals surface area contributed by atoms with Gasteiger partial charge >= 0.3 is 0 Å². The first-order valence-corrected chi connectivity index (χ1v) is 4.22. The van der Waals surface area contributed by atoms with Gasteiger partial charge in [0.2, 0.25) is 0 Å². The number of pyridine rings is 1. The summed E-state index contributed by atoms with van der Waals surface area (Å²) in [6.45, 7) is 2.10. The van der Waals surface area contributed by atoms with Crippen molar-refractivity contribution in [2.45, 2.75) is 25.8 Å². The van der Waals surface area contributed by atoms with Gasteiger partial charge in [0, 0.05) is 6.04 Å². The van der Waals surface area contributed by atoms with E-state index in [1.807, 2.05) is 12.1 Å². The lowest BCUT2D eigenvalue weighted by atomic mass is 10.1. The molecule has 3 nitrogen and oxygen atoms in total. The van der Waals surface area contributed by atoms with Crippen molar-refractivity contribution in [1.82, 2.24) is 4.98 Å². The molecule has 0 aromatic carbocycles. The summed E-state index contributed by atoms with van der Waals surface area (Å²) in [6.07, 6.45) is 2.02. The molecule has 1 atom stereocenters. The fraction of sp³-hybridized carbons (Fsp3) is 0.444. The molecule has 1 aromatic heterocycles. The highest BCUT2D eigenvalue weighted by molar-refractivity contribution is 5.29. The van der Waals surface area contributed by atoms with Crippen molar-refractivity contribution in [3.05, 3.63) is 23.9 Å². The lowest BCUT2D eigenvalue weighted by Crippen LogP contribution is -2.12. The van der Waals surface area contributed by atoms with E-state index in [2.05, 4.69) is 11.9 Å². The van der Waals surface area contributed by atoms with Crippen LogP contribution in [0.1, 0.15) is 31.5 Å². The Morgan fingerprint density at radius 3 is 2.83 bits per heavy atom. The number of nitrogens with zero attached hydrogens (tertiary/aromatic N) is 1. The molecule has 12 heavy (non-hydrogen) atoms. The third-order valence-corrected chi connectivity index (χ3v) is 1.77. The Hall–Kier alpha value is -1.09. The van der Waals surface area contributed by atoms with Crippen LogP contribution >= 0.6 is 0 Å². The quantitative estimate of drug-likeness (QED) is 0.712. The van der Waals surface area contributed by atoms with Gasteiger partial charge in [-0.1, -0.05) is 19.4 Å². The topological polar surface area (TPSA) is 64.9 Å². The summed E-state index contributed by atoms with van der Waals surface area (Å²) in [5.74, 6) is 0.541. The minimum absolute atomic E-state index is 0.0264. The van der Waals surface area contributed by atoms with Gasteiger partial charge in [-0.2, -0.15) is 0 Å². The fourth-order valence-electron chi connectivity index (χ4n) is 1.13. The standard InChI is InChI=1S/C9H15N3/c1-2-4-7(10)8-5-3-6-9(11)12-8/h3,5-7H,2,4,10H2,1H3,(H2,11,12). The zero-order valence-corrected chi connectivity index (χ0v) is 7.33.